The van der Waals surface area contributed by atoms with Gasteiger partial charge in [-0.25, -0.2) is 9.97 Å². The van der Waals surface area contributed by atoms with Crippen molar-refractivity contribution in [1.29, 1.82) is 0 Å². The molecule has 1 aliphatic carbocycles. The topological polar surface area (TPSA) is 46.1 Å². The highest BCUT2D eigenvalue weighted by Gasteiger charge is 2.24. The maximum absolute atomic E-state index is 12.1. The monoisotopic (exact) mass is 293 g/mol. The summed E-state index contributed by atoms with van der Waals surface area (Å²) in [6.07, 6.45) is 7.57. The van der Waals surface area contributed by atoms with Gasteiger partial charge in [-0.15, -0.1) is 0 Å². The average molecular weight is 293 g/mol. The number of hydrogen-bond donors (Lipinski definition) is 0. The van der Waals surface area contributed by atoms with E-state index >= 15 is 0 Å². The van der Waals surface area contributed by atoms with Crippen LogP contribution >= 0.6 is 0 Å². The Bertz CT molecular complexity index is 667. The van der Waals surface area contributed by atoms with Crippen LogP contribution in [0.2, 0.25) is 0 Å². The van der Waals surface area contributed by atoms with Gasteiger partial charge in [0.2, 0.25) is 0 Å². The minimum absolute atomic E-state index is 0.0612. The summed E-state index contributed by atoms with van der Waals surface area (Å²) in [5, 5.41) is 0. The molecule has 1 aromatic carbocycles. The quantitative estimate of drug-likeness (QED) is 0.872. The zero-order chi connectivity index (χ0) is 14.9. The van der Waals surface area contributed by atoms with Gasteiger partial charge in [-0.3, -0.25) is 4.79 Å². The zero-order valence-corrected chi connectivity index (χ0v) is 12.5. The number of hydrogen-bond acceptors (Lipinski definition) is 3. The minimum Gasteiger partial charge on any atom is -0.338 e. The van der Waals surface area contributed by atoms with E-state index in [0.717, 1.165) is 44.6 Å². The first-order chi connectivity index (χ1) is 10.8. The van der Waals surface area contributed by atoms with Crippen LogP contribution in [0.1, 0.15) is 33.7 Å². The van der Waals surface area contributed by atoms with E-state index in [1.165, 1.54) is 11.1 Å². The van der Waals surface area contributed by atoms with Gasteiger partial charge in [-0.2, -0.15) is 0 Å². The van der Waals surface area contributed by atoms with Crippen LogP contribution in [0.3, 0.4) is 0 Å². The van der Waals surface area contributed by atoms with E-state index in [-0.39, 0.29) is 5.91 Å². The van der Waals surface area contributed by atoms with E-state index in [0.29, 0.717) is 11.5 Å². The summed E-state index contributed by atoms with van der Waals surface area (Å²) in [6.45, 7) is 1.72. The molecule has 0 bridgehead atoms. The molecule has 1 saturated heterocycles. The molecule has 22 heavy (non-hydrogen) atoms. The van der Waals surface area contributed by atoms with Crippen LogP contribution in [-0.2, 0) is 19.3 Å². The SMILES string of the molecule is O=C(c1cnc(CC2Cc3ccccc3C2)nc1)N1CCC1. The molecule has 0 spiro atoms. The van der Waals surface area contributed by atoms with Crippen molar-refractivity contribution in [1.82, 2.24) is 14.9 Å². The van der Waals surface area contributed by atoms with Gasteiger partial charge < -0.3 is 4.90 Å². The van der Waals surface area contributed by atoms with E-state index in [2.05, 4.69) is 34.2 Å². The van der Waals surface area contributed by atoms with Crippen LogP contribution in [0.5, 0.6) is 0 Å². The van der Waals surface area contributed by atoms with Crippen molar-refractivity contribution >= 4 is 5.91 Å². The maximum atomic E-state index is 12.1. The Morgan fingerprint density at radius 1 is 1.09 bits per heavy atom. The summed E-state index contributed by atoms with van der Waals surface area (Å²) in [5.74, 6) is 1.48. The second kappa shape index (κ2) is 5.52. The number of amides is 1. The molecule has 0 radical (unpaired) electrons. The molecule has 4 nitrogen and oxygen atoms in total. The number of benzene rings is 1. The predicted molar refractivity (Wildman–Crippen MR) is 83.6 cm³/mol. The Labute approximate surface area is 130 Å². The number of likely N-dealkylation sites (tertiary alicyclic amines) is 1. The highest BCUT2D eigenvalue weighted by Crippen LogP contribution is 2.28. The number of fused-ring (bicyclic) bond motifs is 1. The van der Waals surface area contributed by atoms with Gasteiger partial charge in [-0.05, 0) is 36.3 Å². The Morgan fingerprint density at radius 2 is 1.73 bits per heavy atom. The molecular weight excluding hydrogens is 274 g/mol. The van der Waals surface area contributed by atoms with Crippen LogP contribution < -0.4 is 0 Å². The van der Waals surface area contributed by atoms with E-state index in [4.69, 9.17) is 0 Å². The molecule has 1 aromatic heterocycles. The largest absolute Gasteiger partial charge is 0.338 e. The smallest absolute Gasteiger partial charge is 0.256 e. The van der Waals surface area contributed by atoms with Gasteiger partial charge in [0.1, 0.15) is 5.82 Å². The summed E-state index contributed by atoms with van der Waals surface area (Å²) < 4.78 is 0. The predicted octanol–water partition coefficient (Wildman–Crippen LogP) is 2.28. The lowest BCUT2D eigenvalue weighted by molar-refractivity contribution is 0.0651. The van der Waals surface area contributed by atoms with Crippen molar-refractivity contribution in [2.24, 2.45) is 5.92 Å². The number of carbonyl (C=O) groups is 1. The molecule has 112 valence electrons. The normalized spacial score (nSPS) is 17.2. The fraction of sp³-hybridized carbons (Fsp3) is 0.389. The Balaban J connectivity index is 1.41. The molecule has 2 aromatic rings. The molecule has 0 atom stereocenters. The first-order valence-corrected chi connectivity index (χ1v) is 7.96. The zero-order valence-electron chi connectivity index (χ0n) is 12.5. The lowest BCUT2D eigenvalue weighted by Gasteiger charge is -2.30. The molecule has 2 aliphatic rings. The van der Waals surface area contributed by atoms with E-state index < -0.39 is 0 Å². The van der Waals surface area contributed by atoms with E-state index in [9.17, 15) is 4.79 Å². The van der Waals surface area contributed by atoms with Gasteiger partial charge in [0.15, 0.2) is 0 Å². The van der Waals surface area contributed by atoms with Crippen molar-refractivity contribution in [3.05, 3.63) is 59.2 Å². The van der Waals surface area contributed by atoms with Crippen molar-refractivity contribution < 1.29 is 4.79 Å². The highest BCUT2D eigenvalue weighted by atomic mass is 16.2. The van der Waals surface area contributed by atoms with Crippen LogP contribution in [0, 0.1) is 5.92 Å². The molecule has 0 unspecified atom stereocenters. The second-order valence-electron chi connectivity index (χ2n) is 6.28. The first-order valence-electron chi connectivity index (χ1n) is 7.96. The standard InChI is InChI=1S/C18H19N3O/c22-18(21-6-3-7-21)16-11-19-17(20-12-16)10-13-8-14-4-1-2-5-15(14)9-13/h1-2,4-5,11-13H,3,6-10H2. The molecule has 4 rings (SSSR count). The summed E-state index contributed by atoms with van der Waals surface area (Å²) >= 11 is 0. The molecule has 2 heterocycles. The van der Waals surface area contributed by atoms with Gasteiger partial charge in [0.05, 0.1) is 5.56 Å². The third kappa shape index (κ3) is 2.49. The molecule has 1 amide bonds. The van der Waals surface area contributed by atoms with Crippen LogP contribution in [-0.4, -0.2) is 33.9 Å². The van der Waals surface area contributed by atoms with Crippen LogP contribution in [0.4, 0.5) is 0 Å². The minimum atomic E-state index is 0.0612. The summed E-state index contributed by atoms with van der Waals surface area (Å²) in [4.78, 5) is 22.7. The summed E-state index contributed by atoms with van der Waals surface area (Å²) in [6, 6.07) is 8.64. The summed E-state index contributed by atoms with van der Waals surface area (Å²) in [5.41, 5.74) is 3.52. The number of nitrogens with zero attached hydrogens (tertiary/aromatic N) is 3. The molecule has 0 N–H and O–H groups in total. The highest BCUT2D eigenvalue weighted by molar-refractivity contribution is 5.94. The average Bonchev–Trinajstić information content (AvgIpc) is 2.88. The fourth-order valence-electron chi connectivity index (χ4n) is 3.32. The van der Waals surface area contributed by atoms with E-state index in [1.54, 1.807) is 12.4 Å². The van der Waals surface area contributed by atoms with Crippen molar-refractivity contribution in [3.8, 4) is 0 Å². The Kier molecular flexibility index (Phi) is 3.37. The maximum Gasteiger partial charge on any atom is 0.256 e. The van der Waals surface area contributed by atoms with Gasteiger partial charge in [0.25, 0.3) is 5.91 Å². The molecule has 1 aliphatic heterocycles. The fourth-order valence-corrected chi connectivity index (χ4v) is 3.32. The number of rotatable bonds is 3. The number of aromatic nitrogens is 2. The van der Waals surface area contributed by atoms with Crippen molar-refractivity contribution in [2.45, 2.75) is 25.7 Å². The first kappa shape index (κ1) is 13.4. The molecule has 1 fully saturated rings. The summed E-state index contributed by atoms with van der Waals surface area (Å²) in [7, 11) is 0. The Morgan fingerprint density at radius 3 is 2.27 bits per heavy atom. The van der Waals surface area contributed by atoms with Crippen LogP contribution in [0.15, 0.2) is 36.7 Å². The lowest BCUT2D eigenvalue weighted by Crippen LogP contribution is -2.42. The third-order valence-electron chi connectivity index (χ3n) is 4.70. The van der Waals surface area contributed by atoms with Crippen molar-refractivity contribution in [3.63, 3.8) is 0 Å². The number of carbonyl (C=O) groups excluding carboxylic acids is 1. The van der Waals surface area contributed by atoms with Gasteiger partial charge >= 0.3 is 0 Å². The second-order valence-corrected chi connectivity index (χ2v) is 6.28. The van der Waals surface area contributed by atoms with Crippen molar-refractivity contribution in [2.75, 3.05) is 13.1 Å². The third-order valence-corrected chi connectivity index (χ3v) is 4.70. The van der Waals surface area contributed by atoms with E-state index in [1.807, 2.05) is 4.90 Å². The van der Waals surface area contributed by atoms with Gasteiger partial charge in [-0.1, -0.05) is 24.3 Å². The van der Waals surface area contributed by atoms with Crippen LogP contribution in [0.25, 0.3) is 0 Å². The molecule has 4 heteroatoms. The van der Waals surface area contributed by atoms with Gasteiger partial charge in [0, 0.05) is 31.9 Å². The molecule has 0 saturated carbocycles. The lowest BCUT2D eigenvalue weighted by atomic mass is 10.0. The Hall–Kier alpha value is -2.23. The molecular formula is C18H19N3O.